The van der Waals surface area contributed by atoms with Gasteiger partial charge >= 0.3 is 0 Å². The van der Waals surface area contributed by atoms with Crippen LogP contribution in [0.4, 0.5) is 4.39 Å². The van der Waals surface area contributed by atoms with Crippen LogP contribution in [0.3, 0.4) is 0 Å². The SMILES string of the molecule is Cc1ccc(C(C)NC(=O)CSCc2ccc(Cl)cc2F)c(C)c1. The maximum atomic E-state index is 13.7. The van der Waals surface area contributed by atoms with Crippen LogP contribution >= 0.6 is 23.4 Å². The second-order valence-corrected chi connectivity index (χ2v) is 7.30. The van der Waals surface area contributed by atoms with E-state index in [-0.39, 0.29) is 23.5 Å². The maximum Gasteiger partial charge on any atom is 0.230 e. The Hall–Kier alpha value is -1.52. The molecule has 2 rings (SSSR count). The van der Waals surface area contributed by atoms with E-state index in [1.807, 2.05) is 32.9 Å². The lowest BCUT2D eigenvalue weighted by Gasteiger charge is -2.17. The molecule has 0 aliphatic carbocycles. The topological polar surface area (TPSA) is 29.1 Å². The molecular weight excluding hydrogens is 345 g/mol. The fourth-order valence-electron chi connectivity index (χ4n) is 2.56. The molecule has 0 heterocycles. The van der Waals surface area contributed by atoms with Crippen LogP contribution in [0.2, 0.25) is 5.02 Å². The number of thioether (sulfide) groups is 1. The number of hydrogen-bond acceptors (Lipinski definition) is 2. The van der Waals surface area contributed by atoms with Crippen molar-refractivity contribution in [2.75, 3.05) is 5.75 Å². The molecule has 0 saturated heterocycles. The summed E-state index contributed by atoms with van der Waals surface area (Å²) in [6.45, 7) is 6.06. The molecule has 0 radical (unpaired) electrons. The molecule has 2 nitrogen and oxygen atoms in total. The molecule has 0 aliphatic heterocycles. The molecule has 0 saturated carbocycles. The van der Waals surface area contributed by atoms with Crippen molar-refractivity contribution in [3.63, 3.8) is 0 Å². The van der Waals surface area contributed by atoms with Crippen molar-refractivity contribution in [3.8, 4) is 0 Å². The first-order valence-corrected chi connectivity index (χ1v) is 9.28. The van der Waals surface area contributed by atoms with E-state index in [2.05, 4.69) is 11.4 Å². The summed E-state index contributed by atoms with van der Waals surface area (Å²) in [4.78, 5) is 12.1. The second kappa shape index (κ2) is 8.54. The van der Waals surface area contributed by atoms with E-state index in [9.17, 15) is 9.18 Å². The minimum absolute atomic E-state index is 0.0500. The van der Waals surface area contributed by atoms with Crippen LogP contribution in [0, 0.1) is 19.7 Å². The predicted octanol–water partition coefficient (Wildman–Crippen LogP) is 5.21. The van der Waals surface area contributed by atoms with E-state index in [0.29, 0.717) is 16.3 Å². The van der Waals surface area contributed by atoms with Crippen molar-refractivity contribution in [2.45, 2.75) is 32.6 Å². The molecule has 0 aromatic heterocycles. The Morgan fingerprint density at radius 1 is 1.25 bits per heavy atom. The average Bonchev–Trinajstić information content (AvgIpc) is 2.49. The zero-order chi connectivity index (χ0) is 17.7. The third-order valence-corrected chi connectivity index (χ3v) is 4.99. The van der Waals surface area contributed by atoms with Gasteiger partial charge in [0.2, 0.25) is 5.91 Å². The van der Waals surface area contributed by atoms with Gasteiger partial charge in [0, 0.05) is 10.8 Å². The van der Waals surface area contributed by atoms with Gasteiger partial charge in [0.1, 0.15) is 5.82 Å². The summed E-state index contributed by atoms with van der Waals surface area (Å²) in [5.74, 6) is 0.340. The van der Waals surface area contributed by atoms with Gasteiger partial charge in [-0.2, -0.15) is 0 Å². The van der Waals surface area contributed by atoms with E-state index in [4.69, 9.17) is 11.6 Å². The maximum absolute atomic E-state index is 13.7. The third kappa shape index (κ3) is 5.25. The van der Waals surface area contributed by atoms with Gasteiger partial charge in [-0.25, -0.2) is 4.39 Å². The van der Waals surface area contributed by atoms with Gasteiger partial charge in [-0.15, -0.1) is 11.8 Å². The average molecular weight is 366 g/mol. The van der Waals surface area contributed by atoms with Gasteiger partial charge in [-0.3, -0.25) is 4.79 Å². The highest BCUT2D eigenvalue weighted by molar-refractivity contribution is 7.99. The summed E-state index contributed by atoms with van der Waals surface area (Å²) in [5.41, 5.74) is 4.04. The highest BCUT2D eigenvalue weighted by atomic mass is 35.5. The molecule has 128 valence electrons. The minimum Gasteiger partial charge on any atom is -0.349 e. The first kappa shape index (κ1) is 18.8. The zero-order valence-electron chi connectivity index (χ0n) is 14.0. The van der Waals surface area contributed by atoms with E-state index in [0.717, 1.165) is 5.56 Å². The number of halogens is 2. The van der Waals surface area contributed by atoms with Crippen LogP contribution in [-0.4, -0.2) is 11.7 Å². The Labute approximate surface area is 151 Å². The zero-order valence-corrected chi connectivity index (χ0v) is 15.6. The Morgan fingerprint density at radius 2 is 2.00 bits per heavy atom. The number of amides is 1. The molecule has 0 fully saturated rings. The predicted molar refractivity (Wildman–Crippen MR) is 100 cm³/mol. The quantitative estimate of drug-likeness (QED) is 0.761. The van der Waals surface area contributed by atoms with Crippen molar-refractivity contribution in [1.82, 2.24) is 5.32 Å². The molecule has 1 unspecified atom stereocenters. The Balaban J connectivity index is 1.84. The van der Waals surface area contributed by atoms with Crippen molar-refractivity contribution < 1.29 is 9.18 Å². The Morgan fingerprint density at radius 3 is 2.67 bits per heavy atom. The first-order chi connectivity index (χ1) is 11.4. The molecule has 0 spiro atoms. The number of carbonyl (C=O) groups excluding carboxylic acids is 1. The Kier molecular flexibility index (Phi) is 6.69. The number of benzene rings is 2. The van der Waals surface area contributed by atoms with Crippen molar-refractivity contribution in [2.24, 2.45) is 0 Å². The molecule has 24 heavy (non-hydrogen) atoms. The van der Waals surface area contributed by atoms with Crippen LogP contribution in [0.25, 0.3) is 0 Å². The van der Waals surface area contributed by atoms with Crippen LogP contribution in [-0.2, 0) is 10.5 Å². The molecule has 5 heteroatoms. The first-order valence-electron chi connectivity index (χ1n) is 7.75. The van der Waals surface area contributed by atoms with E-state index in [1.165, 1.54) is 29.0 Å². The molecule has 2 aromatic rings. The molecular formula is C19H21ClFNOS. The lowest BCUT2D eigenvalue weighted by Crippen LogP contribution is -2.28. The fourth-order valence-corrected chi connectivity index (χ4v) is 3.55. The van der Waals surface area contributed by atoms with E-state index < -0.39 is 0 Å². The Bertz CT molecular complexity index is 735. The van der Waals surface area contributed by atoms with Crippen LogP contribution in [0.1, 0.15) is 35.2 Å². The summed E-state index contributed by atoms with van der Waals surface area (Å²) in [7, 11) is 0. The van der Waals surface area contributed by atoms with Gasteiger partial charge < -0.3 is 5.32 Å². The molecule has 1 atom stereocenters. The summed E-state index contributed by atoms with van der Waals surface area (Å²) in [6.07, 6.45) is 0. The standard InChI is InChI=1S/C19H21ClFNOS/c1-12-4-7-17(13(2)8-12)14(3)22-19(23)11-24-10-15-5-6-16(20)9-18(15)21/h4-9,14H,10-11H2,1-3H3,(H,22,23). The van der Waals surface area contributed by atoms with Gasteiger partial charge in [0.25, 0.3) is 0 Å². The highest BCUT2D eigenvalue weighted by Crippen LogP contribution is 2.21. The summed E-state index contributed by atoms with van der Waals surface area (Å²) in [5, 5.41) is 3.37. The van der Waals surface area contributed by atoms with Gasteiger partial charge in [-0.05, 0) is 49.6 Å². The van der Waals surface area contributed by atoms with Crippen molar-refractivity contribution in [1.29, 1.82) is 0 Å². The monoisotopic (exact) mass is 365 g/mol. The van der Waals surface area contributed by atoms with Crippen molar-refractivity contribution in [3.05, 3.63) is 69.5 Å². The number of aryl methyl sites for hydroxylation is 2. The van der Waals surface area contributed by atoms with Crippen LogP contribution in [0.15, 0.2) is 36.4 Å². The van der Waals surface area contributed by atoms with E-state index in [1.54, 1.807) is 12.1 Å². The lowest BCUT2D eigenvalue weighted by molar-refractivity contribution is -0.119. The smallest absolute Gasteiger partial charge is 0.230 e. The number of hydrogen-bond donors (Lipinski definition) is 1. The molecule has 0 aliphatic rings. The lowest BCUT2D eigenvalue weighted by atomic mass is 10.0. The molecule has 2 aromatic carbocycles. The van der Waals surface area contributed by atoms with Gasteiger partial charge in [0.05, 0.1) is 11.8 Å². The summed E-state index contributed by atoms with van der Waals surface area (Å²) < 4.78 is 13.7. The second-order valence-electron chi connectivity index (χ2n) is 5.88. The summed E-state index contributed by atoms with van der Waals surface area (Å²) in [6, 6.07) is 10.7. The number of rotatable bonds is 6. The third-order valence-electron chi connectivity index (χ3n) is 3.78. The minimum atomic E-state index is -0.334. The fraction of sp³-hybridized carbons (Fsp3) is 0.316. The highest BCUT2D eigenvalue weighted by Gasteiger charge is 2.12. The molecule has 0 bridgehead atoms. The van der Waals surface area contributed by atoms with E-state index >= 15 is 0 Å². The van der Waals surface area contributed by atoms with Gasteiger partial charge in [0.15, 0.2) is 0 Å². The van der Waals surface area contributed by atoms with Crippen LogP contribution < -0.4 is 5.32 Å². The van der Waals surface area contributed by atoms with Gasteiger partial charge in [-0.1, -0.05) is 41.4 Å². The summed E-state index contributed by atoms with van der Waals surface area (Å²) >= 11 is 7.11. The molecule has 1 N–H and O–H groups in total. The molecule has 1 amide bonds. The number of nitrogens with one attached hydrogen (secondary N) is 1. The van der Waals surface area contributed by atoms with Crippen molar-refractivity contribution >= 4 is 29.3 Å². The normalized spacial score (nSPS) is 12.0. The largest absolute Gasteiger partial charge is 0.349 e. The van der Waals surface area contributed by atoms with Crippen LogP contribution in [0.5, 0.6) is 0 Å². The number of carbonyl (C=O) groups is 1.